The molecule has 2 atom stereocenters. The summed E-state index contributed by atoms with van der Waals surface area (Å²) >= 11 is 0. The lowest BCUT2D eigenvalue weighted by atomic mass is 10.1. The lowest BCUT2D eigenvalue weighted by Gasteiger charge is -2.19. The van der Waals surface area contributed by atoms with Gasteiger partial charge in [-0.3, -0.25) is 4.79 Å². The zero-order valence-corrected chi connectivity index (χ0v) is 12.2. The summed E-state index contributed by atoms with van der Waals surface area (Å²) in [5.74, 6) is 0.811. The average Bonchev–Trinajstić information content (AvgIpc) is 2.44. The maximum Gasteiger partial charge on any atom is 0.224 e. The van der Waals surface area contributed by atoms with Crippen LogP contribution in [-0.4, -0.2) is 26.1 Å². The lowest BCUT2D eigenvalue weighted by Crippen LogP contribution is -2.36. The molecule has 1 aromatic carbocycles. The summed E-state index contributed by atoms with van der Waals surface area (Å²) in [5.41, 5.74) is 0.994. The summed E-state index contributed by atoms with van der Waals surface area (Å²) in [5, 5.41) is 6.20. The molecule has 1 unspecified atom stereocenters. The Hall–Kier alpha value is -1.55. The smallest absolute Gasteiger partial charge is 0.224 e. The summed E-state index contributed by atoms with van der Waals surface area (Å²) in [7, 11) is 1.64. The van der Waals surface area contributed by atoms with Gasteiger partial charge in [-0.15, -0.1) is 0 Å². The summed E-state index contributed by atoms with van der Waals surface area (Å²) in [4.78, 5) is 12.0. The monoisotopic (exact) mass is 264 g/mol. The Morgan fingerprint density at radius 2 is 2.00 bits per heavy atom. The molecule has 4 nitrogen and oxygen atoms in total. The molecule has 4 heteroatoms. The number of benzene rings is 1. The number of hydrogen-bond donors (Lipinski definition) is 2. The van der Waals surface area contributed by atoms with Crippen molar-refractivity contribution in [2.24, 2.45) is 5.92 Å². The molecule has 0 spiro atoms. The van der Waals surface area contributed by atoms with Gasteiger partial charge in [-0.25, -0.2) is 0 Å². The molecule has 0 saturated carbocycles. The number of para-hydroxylation sites is 1. The topological polar surface area (TPSA) is 50.4 Å². The minimum atomic E-state index is -0.0623. The van der Waals surface area contributed by atoms with E-state index in [2.05, 4.69) is 10.6 Å². The van der Waals surface area contributed by atoms with Crippen molar-refractivity contribution in [2.45, 2.75) is 26.8 Å². The van der Waals surface area contributed by atoms with Crippen LogP contribution >= 0.6 is 0 Å². The van der Waals surface area contributed by atoms with Crippen LogP contribution in [0.5, 0.6) is 5.75 Å². The standard InChI is InChI=1S/C15H24N2O2/c1-5-16-10-11(2)15(18)17-12(3)13-8-6-7-9-14(13)19-4/h6-9,11-12,16H,5,10H2,1-4H3,(H,17,18)/t11?,12-/m0/s1. The largest absolute Gasteiger partial charge is 0.496 e. The van der Waals surface area contributed by atoms with Crippen molar-refractivity contribution < 1.29 is 9.53 Å². The fourth-order valence-corrected chi connectivity index (χ4v) is 1.91. The normalized spacial score (nSPS) is 13.7. The Morgan fingerprint density at radius 3 is 2.63 bits per heavy atom. The zero-order valence-electron chi connectivity index (χ0n) is 12.2. The summed E-state index contributed by atoms with van der Waals surface area (Å²) in [6.07, 6.45) is 0. The maximum absolute atomic E-state index is 12.0. The first kappa shape index (κ1) is 15.5. The third-order valence-electron chi connectivity index (χ3n) is 3.11. The molecule has 0 bridgehead atoms. The molecule has 0 aromatic heterocycles. The first-order valence-corrected chi connectivity index (χ1v) is 6.74. The fraction of sp³-hybridized carbons (Fsp3) is 0.533. The number of carbonyl (C=O) groups excluding carboxylic acids is 1. The molecule has 19 heavy (non-hydrogen) atoms. The maximum atomic E-state index is 12.0. The van der Waals surface area contributed by atoms with Gasteiger partial charge in [0.05, 0.1) is 13.2 Å². The van der Waals surface area contributed by atoms with E-state index in [1.807, 2.05) is 45.0 Å². The molecule has 0 aliphatic carbocycles. The van der Waals surface area contributed by atoms with E-state index >= 15 is 0 Å². The van der Waals surface area contributed by atoms with Crippen molar-refractivity contribution >= 4 is 5.91 Å². The van der Waals surface area contributed by atoms with E-state index in [0.29, 0.717) is 6.54 Å². The van der Waals surface area contributed by atoms with Crippen LogP contribution in [0.2, 0.25) is 0 Å². The molecule has 0 aliphatic rings. The Morgan fingerprint density at radius 1 is 1.32 bits per heavy atom. The first-order valence-electron chi connectivity index (χ1n) is 6.74. The minimum absolute atomic E-state index is 0.0443. The minimum Gasteiger partial charge on any atom is -0.496 e. The van der Waals surface area contributed by atoms with Crippen molar-refractivity contribution in [3.8, 4) is 5.75 Å². The van der Waals surface area contributed by atoms with Gasteiger partial charge in [0.2, 0.25) is 5.91 Å². The molecule has 0 fully saturated rings. The van der Waals surface area contributed by atoms with E-state index in [-0.39, 0.29) is 17.9 Å². The van der Waals surface area contributed by atoms with Gasteiger partial charge in [0.1, 0.15) is 5.75 Å². The van der Waals surface area contributed by atoms with E-state index in [1.54, 1.807) is 7.11 Å². The Kier molecular flexibility index (Phi) is 6.36. The Balaban J connectivity index is 2.63. The van der Waals surface area contributed by atoms with Crippen molar-refractivity contribution in [2.75, 3.05) is 20.2 Å². The highest BCUT2D eigenvalue weighted by molar-refractivity contribution is 5.79. The van der Waals surface area contributed by atoms with E-state index < -0.39 is 0 Å². The molecular weight excluding hydrogens is 240 g/mol. The predicted octanol–water partition coefficient (Wildman–Crippen LogP) is 2.12. The highest BCUT2D eigenvalue weighted by Gasteiger charge is 2.17. The fourth-order valence-electron chi connectivity index (χ4n) is 1.91. The van der Waals surface area contributed by atoms with Gasteiger partial charge in [-0.1, -0.05) is 32.0 Å². The number of rotatable bonds is 7. The second-order valence-electron chi connectivity index (χ2n) is 4.68. The van der Waals surface area contributed by atoms with Gasteiger partial charge in [0, 0.05) is 18.0 Å². The number of ether oxygens (including phenoxy) is 1. The van der Waals surface area contributed by atoms with Crippen molar-refractivity contribution in [1.29, 1.82) is 0 Å². The number of carbonyl (C=O) groups is 1. The van der Waals surface area contributed by atoms with Gasteiger partial charge in [0.15, 0.2) is 0 Å². The van der Waals surface area contributed by atoms with E-state index in [0.717, 1.165) is 17.9 Å². The summed E-state index contributed by atoms with van der Waals surface area (Å²) < 4.78 is 5.31. The van der Waals surface area contributed by atoms with Gasteiger partial charge in [0.25, 0.3) is 0 Å². The number of methoxy groups -OCH3 is 1. The molecular formula is C15H24N2O2. The van der Waals surface area contributed by atoms with Crippen LogP contribution in [0.25, 0.3) is 0 Å². The van der Waals surface area contributed by atoms with Crippen molar-refractivity contribution in [3.63, 3.8) is 0 Å². The molecule has 1 aromatic rings. The highest BCUT2D eigenvalue weighted by atomic mass is 16.5. The molecule has 0 radical (unpaired) electrons. The van der Waals surface area contributed by atoms with E-state index in [1.165, 1.54) is 0 Å². The van der Waals surface area contributed by atoms with Crippen molar-refractivity contribution in [3.05, 3.63) is 29.8 Å². The molecule has 1 amide bonds. The van der Waals surface area contributed by atoms with Crippen LogP contribution in [0.15, 0.2) is 24.3 Å². The SMILES string of the molecule is CCNCC(C)C(=O)N[C@@H](C)c1ccccc1OC. The molecule has 1 rings (SSSR count). The van der Waals surface area contributed by atoms with Crippen LogP contribution in [0.1, 0.15) is 32.4 Å². The second-order valence-corrected chi connectivity index (χ2v) is 4.68. The molecule has 0 saturated heterocycles. The van der Waals surface area contributed by atoms with Crippen LogP contribution in [0, 0.1) is 5.92 Å². The van der Waals surface area contributed by atoms with Crippen LogP contribution < -0.4 is 15.4 Å². The Bertz CT molecular complexity index is 407. The molecule has 0 aliphatic heterocycles. The number of nitrogens with one attached hydrogen (secondary N) is 2. The summed E-state index contributed by atoms with van der Waals surface area (Å²) in [6.45, 7) is 7.49. The van der Waals surface area contributed by atoms with Gasteiger partial charge < -0.3 is 15.4 Å². The third-order valence-corrected chi connectivity index (χ3v) is 3.11. The average molecular weight is 264 g/mol. The van der Waals surface area contributed by atoms with E-state index in [9.17, 15) is 4.79 Å². The predicted molar refractivity (Wildman–Crippen MR) is 77.3 cm³/mol. The van der Waals surface area contributed by atoms with E-state index in [4.69, 9.17) is 4.74 Å². The Labute approximate surface area is 115 Å². The third kappa shape index (κ3) is 4.56. The van der Waals surface area contributed by atoms with Crippen LogP contribution in [0.4, 0.5) is 0 Å². The molecule has 0 heterocycles. The van der Waals surface area contributed by atoms with Gasteiger partial charge in [-0.2, -0.15) is 0 Å². The zero-order chi connectivity index (χ0) is 14.3. The lowest BCUT2D eigenvalue weighted by molar-refractivity contribution is -0.125. The molecule has 106 valence electrons. The second kappa shape index (κ2) is 7.79. The molecule has 2 N–H and O–H groups in total. The van der Waals surface area contributed by atoms with Gasteiger partial charge >= 0.3 is 0 Å². The van der Waals surface area contributed by atoms with Crippen LogP contribution in [-0.2, 0) is 4.79 Å². The number of hydrogen-bond acceptors (Lipinski definition) is 3. The van der Waals surface area contributed by atoms with Gasteiger partial charge in [-0.05, 0) is 19.5 Å². The number of amides is 1. The summed E-state index contributed by atoms with van der Waals surface area (Å²) in [6, 6.07) is 7.68. The highest BCUT2D eigenvalue weighted by Crippen LogP contribution is 2.24. The van der Waals surface area contributed by atoms with Crippen molar-refractivity contribution in [1.82, 2.24) is 10.6 Å². The first-order chi connectivity index (χ1) is 9.10. The van der Waals surface area contributed by atoms with Crippen LogP contribution in [0.3, 0.4) is 0 Å². The quantitative estimate of drug-likeness (QED) is 0.793.